The molecule has 0 saturated heterocycles. The number of oxime groups is 1. The highest BCUT2D eigenvalue weighted by molar-refractivity contribution is 6.46. The van der Waals surface area contributed by atoms with E-state index in [4.69, 9.17) is 10.2 Å². The van der Waals surface area contributed by atoms with Gasteiger partial charge in [0.1, 0.15) is 5.71 Å². The highest BCUT2D eigenvalue weighted by atomic mass is 16.6. The van der Waals surface area contributed by atoms with Crippen LogP contribution < -0.4 is 0 Å². The predicted molar refractivity (Wildman–Crippen MR) is 80.1 cm³/mol. The van der Waals surface area contributed by atoms with E-state index in [1.807, 2.05) is 55.5 Å². The summed E-state index contributed by atoms with van der Waals surface area (Å²) < 4.78 is 0. The fourth-order valence-corrected chi connectivity index (χ4v) is 1.78. The van der Waals surface area contributed by atoms with Crippen LogP contribution in [0.2, 0.25) is 0 Å². The van der Waals surface area contributed by atoms with Gasteiger partial charge >= 0.3 is 0 Å². The van der Waals surface area contributed by atoms with Gasteiger partial charge in [-0.1, -0.05) is 41.6 Å². The van der Waals surface area contributed by atoms with Crippen molar-refractivity contribution in [2.45, 2.75) is 20.5 Å². The number of aryl methyl sites for hydroxylation is 1. The number of pyridine rings is 1. The van der Waals surface area contributed by atoms with Gasteiger partial charge in [0.05, 0.1) is 11.4 Å². The summed E-state index contributed by atoms with van der Waals surface area (Å²) in [5, 5.41) is 11.9. The summed E-state index contributed by atoms with van der Waals surface area (Å²) in [7, 11) is 0. The minimum absolute atomic E-state index is 0.297. The summed E-state index contributed by atoms with van der Waals surface area (Å²) in [6.45, 7) is 3.93. The molecule has 0 unspecified atom stereocenters. The Morgan fingerprint density at radius 2 is 1.90 bits per heavy atom. The first-order chi connectivity index (χ1) is 9.66. The second-order valence-corrected chi connectivity index (χ2v) is 4.47. The molecule has 0 aliphatic carbocycles. The fraction of sp³-hybridized carbons (Fsp3) is 0.188. The van der Waals surface area contributed by atoms with Crippen LogP contribution >= 0.6 is 0 Å². The standard InChI is InChI=1S/C16H17N3O/c1-12-7-6-10-15(18-12)11-20-19-16(13(2)17)14-8-4-3-5-9-14/h3-10,17H,11H2,1-2H3/b17-13?,19-16+. The van der Waals surface area contributed by atoms with E-state index in [-0.39, 0.29) is 0 Å². The molecule has 0 amide bonds. The number of hydrogen-bond donors (Lipinski definition) is 1. The first kappa shape index (κ1) is 13.9. The molecule has 0 aliphatic heterocycles. The maximum absolute atomic E-state index is 7.78. The normalized spacial score (nSPS) is 11.2. The molecule has 0 spiro atoms. The molecular formula is C16H17N3O. The van der Waals surface area contributed by atoms with Crippen LogP contribution in [0.3, 0.4) is 0 Å². The summed E-state index contributed by atoms with van der Waals surface area (Å²) in [5.74, 6) is 0. The topological polar surface area (TPSA) is 58.3 Å². The van der Waals surface area contributed by atoms with Crippen molar-refractivity contribution in [1.82, 2.24) is 4.98 Å². The molecule has 2 rings (SSSR count). The highest BCUT2D eigenvalue weighted by Gasteiger charge is 2.06. The van der Waals surface area contributed by atoms with E-state index in [2.05, 4.69) is 10.1 Å². The van der Waals surface area contributed by atoms with Crippen molar-refractivity contribution in [2.24, 2.45) is 5.16 Å². The molecule has 0 saturated carbocycles. The zero-order valence-electron chi connectivity index (χ0n) is 11.6. The maximum Gasteiger partial charge on any atom is 0.159 e. The van der Waals surface area contributed by atoms with Gasteiger partial charge in [-0.05, 0) is 26.0 Å². The van der Waals surface area contributed by atoms with E-state index < -0.39 is 0 Å². The van der Waals surface area contributed by atoms with Crippen molar-refractivity contribution in [3.05, 3.63) is 65.5 Å². The molecular weight excluding hydrogens is 250 g/mol. The van der Waals surface area contributed by atoms with Crippen LogP contribution in [0, 0.1) is 12.3 Å². The number of benzene rings is 1. The Kier molecular flexibility index (Phi) is 4.60. The van der Waals surface area contributed by atoms with Crippen molar-refractivity contribution in [3.63, 3.8) is 0 Å². The van der Waals surface area contributed by atoms with Crippen LogP contribution in [-0.2, 0) is 11.4 Å². The zero-order chi connectivity index (χ0) is 14.4. The first-order valence-corrected chi connectivity index (χ1v) is 6.40. The van der Waals surface area contributed by atoms with Crippen LogP contribution in [-0.4, -0.2) is 16.4 Å². The Morgan fingerprint density at radius 3 is 2.55 bits per heavy atom. The van der Waals surface area contributed by atoms with Crippen LogP contribution in [0.5, 0.6) is 0 Å². The molecule has 0 bridgehead atoms. The van der Waals surface area contributed by atoms with Gasteiger partial charge < -0.3 is 10.2 Å². The van der Waals surface area contributed by atoms with Crippen LogP contribution in [0.15, 0.2) is 53.7 Å². The number of nitrogens with one attached hydrogen (secondary N) is 1. The zero-order valence-corrected chi connectivity index (χ0v) is 11.6. The number of aromatic nitrogens is 1. The Labute approximate surface area is 118 Å². The lowest BCUT2D eigenvalue weighted by Gasteiger charge is -2.05. The molecule has 1 heterocycles. The largest absolute Gasteiger partial charge is 0.389 e. The van der Waals surface area contributed by atoms with Gasteiger partial charge in [0.15, 0.2) is 6.61 Å². The summed E-state index contributed by atoms with van der Waals surface area (Å²) >= 11 is 0. The van der Waals surface area contributed by atoms with Crippen molar-refractivity contribution in [3.8, 4) is 0 Å². The van der Waals surface area contributed by atoms with Crippen molar-refractivity contribution < 1.29 is 4.84 Å². The number of hydrogen-bond acceptors (Lipinski definition) is 4. The summed E-state index contributed by atoms with van der Waals surface area (Å²) in [4.78, 5) is 9.68. The monoisotopic (exact) mass is 267 g/mol. The van der Waals surface area contributed by atoms with Crippen molar-refractivity contribution in [2.75, 3.05) is 0 Å². The molecule has 0 fully saturated rings. The Balaban J connectivity index is 2.09. The lowest BCUT2D eigenvalue weighted by Crippen LogP contribution is -2.11. The van der Waals surface area contributed by atoms with E-state index in [9.17, 15) is 0 Å². The minimum Gasteiger partial charge on any atom is -0.389 e. The van der Waals surface area contributed by atoms with Gasteiger partial charge in [-0.15, -0.1) is 0 Å². The Hall–Kier alpha value is -2.49. The molecule has 4 heteroatoms. The number of rotatable bonds is 5. The first-order valence-electron chi connectivity index (χ1n) is 6.40. The van der Waals surface area contributed by atoms with Crippen LogP contribution in [0.1, 0.15) is 23.9 Å². The van der Waals surface area contributed by atoms with Gasteiger partial charge in [-0.25, -0.2) is 0 Å². The summed E-state index contributed by atoms with van der Waals surface area (Å²) in [5.41, 5.74) is 3.55. The molecule has 0 aliphatic rings. The molecule has 1 aromatic carbocycles. The Morgan fingerprint density at radius 1 is 1.15 bits per heavy atom. The highest BCUT2D eigenvalue weighted by Crippen LogP contribution is 2.05. The molecule has 102 valence electrons. The number of nitrogens with zero attached hydrogens (tertiary/aromatic N) is 2. The predicted octanol–water partition coefficient (Wildman–Crippen LogP) is 3.35. The average Bonchev–Trinajstić information content (AvgIpc) is 2.44. The van der Waals surface area contributed by atoms with Crippen LogP contribution in [0.25, 0.3) is 0 Å². The molecule has 4 nitrogen and oxygen atoms in total. The third-order valence-electron chi connectivity index (χ3n) is 2.72. The van der Waals surface area contributed by atoms with Crippen molar-refractivity contribution >= 4 is 11.4 Å². The van der Waals surface area contributed by atoms with Crippen LogP contribution in [0.4, 0.5) is 0 Å². The molecule has 1 aromatic heterocycles. The van der Waals surface area contributed by atoms with E-state index in [1.165, 1.54) is 0 Å². The van der Waals surface area contributed by atoms with E-state index >= 15 is 0 Å². The fourth-order valence-electron chi connectivity index (χ4n) is 1.78. The second kappa shape index (κ2) is 6.61. The average molecular weight is 267 g/mol. The van der Waals surface area contributed by atoms with Gasteiger partial charge in [-0.2, -0.15) is 0 Å². The lowest BCUT2D eigenvalue weighted by molar-refractivity contribution is 0.128. The molecule has 1 N–H and O–H groups in total. The second-order valence-electron chi connectivity index (χ2n) is 4.47. The molecule has 20 heavy (non-hydrogen) atoms. The summed E-state index contributed by atoms with van der Waals surface area (Å²) in [6, 6.07) is 15.3. The third kappa shape index (κ3) is 3.75. The SMILES string of the molecule is CC(=N)/C(=N\OCc1cccc(C)n1)c1ccccc1. The quantitative estimate of drug-likeness (QED) is 0.667. The molecule has 0 radical (unpaired) electrons. The van der Waals surface area contributed by atoms with Gasteiger partial charge in [0.25, 0.3) is 0 Å². The lowest BCUT2D eigenvalue weighted by atomic mass is 10.1. The van der Waals surface area contributed by atoms with Gasteiger partial charge in [0.2, 0.25) is 0 Å². The maximum atomic E-state index is 7.78. The summed E-state index contributed by atoms with van der Waals surface area (Å²) in [6.07, 6.45) is 0. The molecule has 0 atom stereocenters. The van der Waals surface area contributed by atoms with Gasteiger partial charge in [0, 0.05) is 11.3 Å². The van der Waals surface area contributed by atoms with Gasteiger partial charge in [-0.3, -0.25) is 4.98 Å². The van der Waals surface area contributed by atoms with Crippen molar-refractivity contribution in [1.29, 1.82) is 5.41 Å². The van der Waals surface area contributed by atoms with E-state index in [1.54, 1.807) is 6.92 Å². The minimum atomic E-state index is 0.297. The third-order valence-corrected chi connectivity index (χ3v) is 2.72. The Bertz CT molecular complexity index is 621. The molecule has 2 aromatic rings. The van der Waals surface area contributed by atoms with E-state index in [0.717, 1.165) is 17.0 Å². The smallest absolute Gasteiger partial charge is 0.159 e. The van der Waals surface area contributed by atoms with E-state index in [0.29, 0.717) is 18.0 Å².